The van der Waals surface area contributed by atoms with Crippen molar-refractivity contribution in [3.63, 3.8) is 0 Å². The fraction of sp³-hybridized carbons (Fsp3) is 0.0870. The van der Waals surface area contributed by atoms with Gasteiger partial charge >= 0.3 is 11.9 Å². The molecular formula is C23H17ClN2O5. The Balaban J connectivity index is 1.66. The molecule has 7 nitrogen and oxygen atoms in total. The normalized spacial score (nSPS) is 10.8. The summed E-state index contributed by atoms with van der Waals surface area (Å²) in [6.45, 7) is 1.72. The molecule has 4 aromatic rings. The van der Waals surface area contributed by atoms with Gasteiger partial charge in [-0.2, -0.15) is 4.98 Å². The fourth-order valence-electron chi connectivity index (χ4n) is 3.19. The number of halogens is 1. The predicted molar refractivity (Wildman–Crippen MR) is 116 cm³/mol. The molecule has 31 heavy (non-hydrogen) atoms. The topological polar surface area (TPSA) is 102 Å². The van der Waals surface area contributed by atoms with Gasteiger partial charge in [0, 0.05) is 5.56 Å². The molecule has 0 aliphatic carbocycles. The number of aromatic carboxylic acids is 1. The molecule has 0 bridgehead atoms. The third-order valence-electron chi connectivity index (χ3n) is 4.82. The van der Waals surface area contributed by atoms with Crippen molar-refractivity contribution in [1.82, 2.24) is 9.97 Å². The Morgan fingerprint density at radius 2 is 1.81 bits per heavy atom. The van der Waals surface area contributed by atoms with Crippen LogP contribution >= 0.6 is 11.6 Å². The smallest absolute Gasteiger partial charge is 0.337 e. The van der Waals surface area contributed by atoms with Crippen molar-refractivity contribution in [3.8, 4) is 22.9 Å². The van der Waals surface area contributed by atoms with Crippen molar-refractivity contribution in [2.24, 2.45) is 0 Å². The zero-order chi connectivity index (χ0) is 22.1. The minimum atomic E-state index is -1.03. The summed E-state index contributed by atoms with van der Waals surface area (Å²) in [4.78, 5) is 30.4. The van der Waals surface area contributed by atoms with E-state index in [1.54, 1.807) is 49.4 Å². The highest BCUT2D eigenvalue weighted by Gasteiger charge is 2.14. The summed E-state index contributed by atoms with van der Waals surface area (Å²) in [5, 5.41) is 9.78. The number of methoxy groups -OCH3 is 1. The van der Waals surface area contributed by atoms with Crippen molar-refractivity contribution in [3.05, 3.63) is 76.3 Å². The van der Waals surface area contributed by atoms with Crippen molar-refractivity contribution >= 4 is 34.6 Å². The summed E-state index contributed by atoms with van der Waals surface area (Å²) in [6, 6.07) is 15.5. The Labute approximate surface area is 182 Å². The Hall–Kier alpha value is -3.84. The number of hydrogen-bond donors (Lipinski definition) is 2. The average molecular weight is 437 g/mol. The van der Waals surface area contributed by atoms with E-state index in [1.807, 2.05) is 6.07 Å². The molecule has 8 heteroatoms. The summed E-state index contributed by atoms with van der Waals surface area (Å²) in [7, 11) is 1.33. The number of ether oxygens (including phenoxy) is 2. The van der Waals surface area contributed by atoms with Crippen LogP contribution in [0.4, 0.5) is 0 Å². The van der Waals surface area contributed by atoms with Crippen LogP contribution in [-0.4, -0.2) is 34.1 Å². The van der Waals surface area contributed by atoms with Crippen molar-refractivity contribution in [2.45, 2.75) is 6.92 Å². The Kier molecular flexibility index (Phi) is 5.35. The number of benzene rings is 3. The first-order valence-electron chi connectivity index (χ1n) is 9.25. The lowest BCUT2D eigenvalue weighted by Crippen LogP contribution is -2.00. The number of fused-ring (bicyclic) bond motifs is 1. The van der Waals surface area contributed by atoms with Crippen LogP contribution < -0.4 is 4.74 Å². The summed E-state index contributed by atoms with van der Waals surface area (Å²) in [5.74, 6) is -1.08. The van der Waals surface area contributed by atoms with Crippen LogP contribution in [0, 0.1) is 6.92 Å². The van der Waals surface area contributed by atoms with Crippen LogP contribution in [-0.2, 0) is 4.74 Å². The number of H-pyrrole nitrogens is 1. The first kappa shape index (κ1) is 20.4. The first-order valence-corrected chi connectivity index (χ1v) is 9.63. The van der Waals surface area contributed by atoms with E-state index in [4.69, 9.17) is 21.1 Å². The number of aryl methyl sites for hydroxylation is 1. The van der Waals surface area contributed by atoms with Gasteiger partial charge in [-0.15, -0.1) is 0 Å². The Bertz CT molecular complexity index is 1310. The lowest BCUT2D eigenvalue weighted by molar-refractivity contribution is 0.0599. The second kappa shape index (κ2) is 8.12. The largest absolute Gasteiger partial charge is 0.478 e. The van der Waals surface area contributed by atoms with Gasteiger partial charge in [0.15, 0.2) is 0 Å². The molecule has 4 rings (SSSR count). The molecule has 0 amide bonds. The van der Waals surface area contributed by atoms with Crippen molar-refractivity contribution < 1.29 is 24.2 Å². The summed E-state index contributed by atoms with van der Waals surface area (Å²) >= 11 is 6.46. The molecule has 1 aromatic heterocycles. The highest BCUT2D eigenvalue weighted by Crippen LogP contribution is 2.33. The molecule has 1 heterocycles. The third kappa shape index (κ3) is 4.08. The second-order valence-electron chi connectivity index (χ2n) is 6.84. The van der Waals surface area contributed by atoms with Crippen LogP contribution in [0.25, 0.3) is 22.2 Å². The van der Waals surface area contributed by atoms with E-state index < -0.39 is 11.9 Å². The molecule has 0 aliphatic rings. The molecule has 156 valence electrons. The zero-order valence-corrected chi connectivity index (χ0v) is 17.4. The maximum atomic E-state index is 11.6. The van der Waals surface area contributed by atoms with E-state index in [-0.39, 0.29) is 11.6 Å². The van der Waals surface area contributed by atoms with Crippen LogP contribution in [0.2, 0.25) is 5.02 Å². The van der Waals surface area contributed by atoms with Crippen LogP contribution in [0.15, 0.2) is 54.6 Å². The molecule has 0 spiro atoms. The molecular weight excluding hydrogens is 420 g/mol. The highest BCUT2D eigenvalue weighted by atomic mass is 35.5. The number of esters is 1. The Morgan fingerprint density at radius 3 is 2.48 bits per heavy atom. The van der Waals surface area contributed by atoms with Crippen molar-refractivity contribution in [2.75, 3.05) is 7.11 Å². The van der Waals surface area contributed by atoms with E-state index in [1.165, 1.54) is 13.2 Å². The fourth-order valence-corrected chi connectivity index (χ4v) is 3.46. The predicted octanol–water partition coefficient (Wildman–Crippen LogP) is 5.47. The van der Waals surface area contributed by atoms with Gasteiger partial charge in [-0.1, -0.05) is 29.8 Å². The summed E-state index contributed by atoms with van der Waals surface area (Å²) in [5.41, 5.74) is 4.09. The second-order valence-corrected chi connectivity index (χ2v) is 7.25. The molecule has 0 unspecified atom stereocenters. The maximum Gasteiger partial charge on any atom is 0.337 e. The van der Waals surface area contributed by atoms with Gasteiger partial charge in [0.2, 0.25) is 0 Å². The number of carbonyl (C=O) groups is 2. The van der Waals surface area contributed by atoms with Gasteiger partial charge in [0.1, 0.15) is 5.75 Å². The van der Waals surface area contributed by atoms with Crippen LogP contribution in [0.5, 0.6) is 11.8 Å². The molecule has 2 N–H and O–H groups in total. The van der Waals surface area contributed by atoms with Crippen LogP contribution in [0.1, 0.15) is 26.3 Å². The lowest BCUT2D eigenvalue weighted by atomic mass is 10.0. The molecule has 0 radical (unpaired) electrons. The van der Waals surface area contributed by atoms with E-state index in [0.29, 0.717) is 32.9 Å². The number of carboxylic acids is 1. The van der Waals surface area contributed by atoms with Gasteiger partial charge in [-0.25, -0.2) is 9.59 Å². The number of aromatic nitrogens is 2. The molecule has 0 fully saturated rings. The SMILES string of the molecule is COC(=O)c1ccc(-c2cc3nc(Oc4ccc(C)c(C(=O)O)c4)[nH]c3cc2Cl)cc1. The number of aromatic amines is 1. The minimum absolute atomic E-state index is 0.161. The maximum absolute atomic E-state index is 11.6. The molecule has 0 aliphatic heterocycles. The number of rotatable bonds is 5. The van der Waals surface area contributed by atoms with E-state index in [9.17, 15) is 14.7 Å². The number of nitrogens with zero attached hydrogens (tertiary/aromatic N) is 1. The highest BCUT2D eigenvalue weighted by molar-refractivity contribution is 6.34. The van der Waals surface area contributed by atoms with Crippen LogP contribution in [0.3, 0.4) is 0 Å². The van der Waals surface area contributed by atoms with Gasteiger partial charge < -0.3 is 19.6 Å². The first-order chi connectivity index (χ1) is 14.9. The van der Waals surface area contributed by atoms with Gasteiger partial charge in [-0.3, -0.25) is 0 Å². The molecule has 3 aromatic carbocycles. The Morgan fingerprint density at radius 1 is 1.06 bits per heavy atom. The van der Waals surface area contributed by atoms with E-state index in [2.05, 4.69) is 9.97 Å². The summed E-state index contributed by atoms with van der Waals surface area (Å²) < 4.78 is 10.4. The van der Waals surface area contributed by atoms with Gasteiger partial charge in [-0.05, 0) is 54.4 Å². The molecule has 0 saturated heterocycles. The summed E-state index contributed by atoms with van der Waals surface area (Å²) in [6.07, 6.45) is 0. The zero-order valence-electron chi connectivity index (χ0n) is 16.6. The standard InChI is InChI=1S/C23H17ClN2O5/c1-12-3-8-15(9-16(12)21(27)28)31-23-25-19-10-17(18(24)11-20(19)26-23)13-4-6-14(7-5-13)22(29)30-2/h3-11H,1-2H3,(H,25,26)(H,27,28). The lowest BCUT2D eigenvalue weighted by Gasteiger charge is -2.06. The molecule has 0 atom stereocenters. The quantitative estimate of drug-likeness (QED) is 0.402. The average Bonchev–Trinajstić information content (AvgIpc) is 3.14. The van der Waals surface area contributed by atoms with E-state index >= 15 is 0 Å². The number of nitrogens with one attached hydrogen (secondary N) is 1. The number of carbonyl (C=O) groups excluding carboxylic acids is 1. The van der Waals surface area contributed by atoms with Gasteiger partial charge in [0.25, 0.3) is 6.01 Å². The monoisotopic (exact) mass is 436 g/mol. The number of imidazole rings is 1. The van der Waals surface area contributed by atoms with Crippen molar-refractivity contribution in [1.29, 1.82) is 0 Å². The minimum Gasteiger partial charge on any atom is -0.478 e. The van der Waals surface area contributed by atoms with E-state index in [0.717, 1.165) is 11.1 Å². The van der Waals surface area contributed by atoms with Gasteiger partial charge in [0.05, 0.1) is 34.3 Å². The third-order valence-corrected chi connectivity index (χ3v) is 5.13. The number of carboxylic acid groups (broad SMARTS) is 1. The molecule has 0 saturated carbocycles. The number of hydrogen-bond acceptors (Lipinski definition) is 5.